The largest absolute Gasteiger partial charge is 0.469 e. The molecule has 33 heavy (non-hydrogen) atoms. The molecule has 0 unspecified atom stereocenters. The van der Waals surface area contributed by atoms with Gasteiger partial charge >= 0.3 is 0 Å². The van der Waals surface area contributed by atoms with Gasteiger partial charge < -0.3 is 19.0 Å². The fourth-order valence-electron chi connectivity index (χ4n) is 3.69. The zero-order chi connectivity index (χ0) is 23.5. The van der Waals surface area contributed by atoms with Gasteiger partial charge in [-0.25, -0.2) is 0 Å². The number of hydrogen-bond donors (Lipinski definition) is 0. The quantitative estimate of drug-likeness (QED) is 0.414. The van der Waals surface area contributed by atoms with Crippen molar-refractivity contribution in [1.82, 2.24) is 9.80 Å². The van der Waals surface area contributed by atoms with Crippen molar-refractivity contribution in [3.63, 3.8) is 0 Å². The first-order valence-electron chi connectivity index (χ1n) is 11.3. The maximum atomic E-state index is 13.3. The Balaban J connectivity index is 1.67. The van der Waals surface area contributed by atoms with Gasteiger partial charge in [-0.3, -0.25) is 9.59 Å². The summed E-state index contributed by atoms with van der Waals surface area (Å²) in [6, 6.07) is 21.8. The van der Waals surface area contributed by atoms with Gasteiger partial charge in [0.1, 0.15) is 5.76 Å². The minimum Gasteiger partial charge on any atom is -0.469 e. The summed E-state index contributed by atoms with van der Waals surface area (Å²) in [5.41, 5.74) is 2.79. The van der Waals surface area contributed by atoms with Crippen molar-refractivity contribution in [3.05, 3.63) is 95.4 Å². The Hall–Kier alpha value is -3.38. The lowest BCUT2D eigenvalue weighted by Crippen LogP contribution is -2.39. The van der Waals surface area contributed by atoms with E-state index >= 15 is 0 Å². The molecule has 0 N–H and O–H groups in total. The van der Waals surface area contributed by atoms with E-state index in [1.165, 1.54) is 11.8 Å². The van der Waals surface area contributed by atoms with Gasteiger partial charge in [-0.15, -0.1) is 0 Å². The molecule has 0 spiro atoms. The lowest BCUT2D eigenvalue weighted by Gasteiger charge is -2.26. The number of carbonyl (C=O) groups excluding carboxylic acids is 2. The van der Waals surface area contributed by atoms with Crippen molar-refractivity contribution >= 4 is 11.8 Å². The number of methoxy groups -OCH3 is 1. The molecule has 1 heterocycles. The van der Waals surface area contributed by atoms with Gasteiger partial charge in [-0.2, -0.15) is 0 Å². The molecule has 3 rings (SSSR count). The number of nitrogens with zero attached hydrogens (tertiary/aromatic N) is 2. The third-order valence-corrected chi connectivity index (χ3v) is 5.62. The van der Waals surface area contributed by atoms with Crippen LogP contribution in [0.2, 0.25) is 0 Å². The number of hydrogen-bond acceptors (Lipinski definition) is 4. The van der Waals surface area contributed by atoms with E-state index < -0.39 is 0 Å². The van der Waals surface area contributed by atoms with Crippen molar-refractivity contribution in [2.45, 2.75) is 26.3 Å². The maximum absolute atomic E-state index is 13.3. The maximum Gasteiger partial charge on any atom is 0.257 e. The van der Waals surface area contributed by atoms with E-state index in [1.54, 1.807) is 25.0 Å². The van der Waals surface area contributed by atoms with E-state index in [9.17, 15) is 9.59 Å². The molecule has 0 radical (unpaired) electrons. The lowest BCUT2D eigenvalue weighted by molar-refractivity contribution is -0.132. The smallest absolute Gasteiger partial charge is 0.257 e. The van der Waals surface area contributed by atoms with Crippen LogP contribution in [-0.4, -0.2) is 55.0 Å². The topological polar surface area (TPSA) is 63.0 Å². The van der Waals surface area contributed by atoms with E-state index in [-0.39, 0.29) is 18.2 Å². The Bertz CT molecular complexity index is 1000. The number of ether oxygens (including phenoxy) is 1. The average molecular weight is 449 g/mol. The van der Waals surface area contributed by atoms with E-state index in [2.05, 4.69) is 12.1 Å². The fourth-order valence-corrected chi connectivity index (χ4v) is 3.69. The van der Waals surface area contributed by atoms with Crippen LogP contribution in [0.15, 0.2) is 77.4 Å². The molecule has 0 atom stereocenters. The molecular formula is C27H32N2O4. The normalized spacial score (nSPS) is 10.7. The van der Waals surface area contributed by atoms with Crippen molar-refractivity contribution < 1.29 is 18.7 Å². The van der Waals surface area contributed by atoms with Crippen LogP contribution in [0.1, 0.15) is 33.7 Å². The SMILES string of the molecule is COCCN(CCC(=O)N(CCc1ccccc1)Cc1ccccc1)C(=O)c1ccoc1C. The van der Waals surface area contributed by atoms with Crippen LogP contribution in [-0.2, 0) is 22.5 Å². The summed E-state index contributed by atoms with van der Waals surface area (Å²) >= 11 is 0. The van der Waals surface area contributed by atoms with Gasteiger partial charge in [0.05, 0.1) is 18.4 Å². The zero-order valence-electron chi connectivity index (χ0n) is 19.4. The molecule has 6 nitrogen and oxygen atoms in total. The molecule has 2 aromatic carbocycles. The molecule has 174 valence electrons. The van der Waals surface area contributed by atoms with Gasteiger partial charge in [-0.1, -0.05) is 60.7 Å². The first kappa shape index (κ1) is 24.3. The standard InChI is InChI=1S/C27H32N2O4/c1-22-25(15-19-33-22)27(31)28(18-20-32-2)17-14-26(30)29(21-24-11-7-4-8-12-24)16-13-23-9-5-3-6-10-23/h3-12,15,19H,13-14,16-18,20-21H2,1-2H3. The molecule has 6 heteroatoms. The molecule has 1 aromatic heterocycles. The Labute approximate surface area is 195 Å². The number of benzene rings is 2. The highest BCUT2D eigenvalue weighted by molar-refractivity contribution is 5.95. The number of amides is 2. The number of rotatable bonds is 12. The summed E-state index contributed by atoms with van der Waals surface area (Å²) in [4.78, 5) is 29.8. The molecule has 3 aromatic rings. The van der Waals surface area contributed by atoms with Crippen LogP contribution in [0.5, 0.6) is 0 Å². The molecule has 0 aliphatic heterocycles. The summed E-state index contributed by atoms with van der Waals surface area (Å²) < 4.78 is 10.5. The number of aryl methyl sites for hydroxylation is 1. The van der Waals surface area contributed by atoms with Gasteiger partial charge in [-0.05, 0) is 30.5 Å². The van der Waals surface area contributed by atoms with E-state index in [0.29, 0.717) is 44.1 Å². The van der Waals surface area contributed by atoms with Crippen molar-refractivity contribution in [2.24, 2.45) is 0 Å². The molecule has 2 amide bonds. The van der Waals surface area contributed by atoms with Crippen LogP contribution in [0, 0.1) is 6.92 Å². The highest BCUT2D eigenvalue weighted by Crippen LogP contribution is 2.14. The second-order valence-electron chi connectivity index (χ2n) is 7.96. The second-order valence-corrected chi connectivity index (χ2v) is 7.96. The molecule has 0 bridgehead atoms. The molecule has 0 aliphatic carbocycles. The molecular weight excluding hydrogens is 416 g/mol. The monoisotopic (exact) mass is 448 g/mol. The summed E-state index contributed by atoms with van der Waals surface area (Å²) in [7, 11) is 1.60. The molecule has 0 saturated heterocycles. The Morgan fingerprint density at radius 2 is 1.52 bits per heavy atom. The molecule has 0 saturated carbocycles. The predicted octanol–water partition coefficient (Wildman–Crippen LogP) is 4.34. The second kappa shape index (κ2) is 12.6. The Morgan fingerprint density at radius 3 is 2.12 bits per heavy atom. The fraction of sp³-hybridized carbons (Fsp3) is 0.333. The molecule has 0 fully saturated rings. The van der Waals surface area contributed by atoms with E-state index in [0.717, 1.165) is 12.0 Å². The van der Waals surface area contributed by atoms with Crippen LogP contribution in [0.3, 0.4) is 0 Å². The van der Waals surface area contributed by atoms with Gasteiger partial charge in [0, 0.05) is 39.7 Å². The predicted molar refractivity (Wildman–Crippen MR) is 128 cm³/mol. The van der Waals surface area contributed by atoms with Gasteiger partial charge in [0.25, 0.3) is 5.91 Å². The molecule has 0 aliphatic rings. The highest BCUT2D eigenvalue weighted by atomic mass is 16.5. The lowest BCUT2D eigenvalue weighted by atomic mass is 10.1. The van der Waals surface area contributed by atoms with E-state index in [1.807, 2.05) is 53.4 Å². The zero-order valence-corrected chi connectivity index (χ0v) is 19.4. The average Bonchev–Trinajstić information content (AvgIpc) is 3.28. The third-order valence-electron chi connectivity index (χ3n) is 5.62. The van der Waals surface area contributed by atoms with Crippen LogP contribution in [0.25, 0.3) is 0 Å². The van der Waals surface area contributed by atoms with Crippen molar-refractivity contribution in [1.29, 1.82) is 0 Å². The number of carbonyl (C=O) groups is 2. The van der Waals surface area contributed by atoms with E-state index in [4.69, 9.17) is 9.15 Å². The Kier molecular flexibility index (Phi) is 9.27. The highest BCUT2D eigenvalue weighted by Gasteiger charge is 2.22. The van der Waals surface area contributed by atoms with Crippen molar-refractivity contribution in [2.75, 3.05) is 33.4 Å². The first-order valence-corrected chi connectivity index (χ1v) is 11.3. The van der Waals surface area contributed by atoms with Gasteiger partial charge in [0.2, 0.25) is 5.91 Å². The van der Waals surface area contributed by atoms with Crippen LogP contribution < -0.4 is 0 Å². The van der Waals surface area contributed by atoms with Crippen LogP contribution >= 0.6 is 0 Å². The van der Waals surface area contributed by atoms with Crippen LogP contribution in [0.4, 0.5) is 0 Å². The minimum atomic E-state index is -0.148. The first-order chi connectivity index (χ1) is 16.1. The minimum absolute atomic E-state index is 0.0221. The Morgan fingerprint density at radius 1 is 0.848 bits per heavy atom. The van der Waals surface area contributed by atoms with Crippen molar-refractivity contribution in [3.8, 4) is 0 Å². The van der Waals surface area contributed by atoms with Gasteiger partial charge in [0.15, 0.2) is 0 Å². The summed E-state index contributed by atoms with van der Waals surface area (Å²) in [6.45, 7) is 4.05. The number of furan rings is 1. The summed E-state index contributed by atoms with van der Waals surface area (Å²) in [6.07, 6.45) is 2.53. The third kappa shape index (κ3) is 7.32. The summed E-state index contributed by atoms with van der Waals surface area (Å²) in [5.74, 6) is 0.446. The summed E-state index contributed by atoms with van der Waals surface area (Å²) in [5, 5.41) is 0.